The number of hydrogen-bond acceptors (Lipinski definition) is 0. The Morgan fingerprint density at radius 2 is 1.74 bits per heavy atom. The monoisotopic (exact) mass is 482 g/mol. The van der Waals surface area contributed by atoms with Gasteiger partial charge < -0.3 is 28.4 Å². The predicted molar refractivity (Wildman–Crippen MR) is 95.1 cm³/mol. The van der Waals surface area contributed by atoms with Gasteiger partial charge >= 0.3 is 6.18 Å². The topological polar surface area (TPSA) is 8.29 Å². The van der Waals surface area contributed by atoms with Gasteiger partial charge in [0.05, 0.1) is 12.0 Å². The lowest BCUT2D eigenvalue weighted by Gasteiger charge is -2.11. The molecule has 0 aliphatic rings. The van der Waals surface area contributed by atoms with Crippen LogP contribution >= 0.6 is 0 Å². The first-order valence-electron chi connectivity index (χ1n) is 8.39. The summed E-state index contributed by atoms with van der Waals surface area (Å²) in [6, 6.07) is 16.0. The van der Waals surface area contributed by atoms with Crippen LogP contribution in [0, 0.1) is 6.92 Å². The third kappa shape index (κ3) is 3.54. The van der Waals surface area contributed by atoms with E-state index in [9.17, 15) is 13.2 Å². The SMILES string of the molecule is Cc1cccc(Cc2c3cccn3c3ccc(C(F)(F)F)cc3[n+]2C)c1.[I-]. The van der Waals surface area contributed by atoms with E-state index in [-0.39, 0.29) is 24.0 Å². The number of aromatic nitrogens is 2. The van der Waals surface area contributed by atoms with Crippen LogP contribution in [0.25, 0.3) is 16.6 Å². The third-order valence-electron chi connectivity index (χ3n) is 4.83. The number of rotatable bonds is 2. The highest BCUT2D eigenvalue weighted by molar-refractivity contribution is 5.77. The Balaban J connectivity index is 0.00000210. The van der Waals surface area contributed by atoms with Crippen molar-refractivity contribution >= 4 is 16.6 Å². The summed E-state index contributed by atoms with van der Waals surface area (Å²) in [5.41, 5.74) is 4.97. The third-order valence-corrected chi connectivity index (χ3v) is 4.83. The van der Waals surface area contributed by atoms with Gasteiger partial charge in [-0.2, -0.15) is 17.7 Å². The number of hydrogen-bond donors (Lipinski definition) is 0. The summed E-state index contributed by atoms with van der Waals surface area (Å²) in [7, 11) is 1.83. The molecular weight excluding hydrogens is 464 g/mol. The number of benzene rings is 2. The fraction of sp³-hybridized carbons (Fsp3) is 0.190. The van der Waals surface area contributed by atoms with E-state index in [1.165, 1.54) is 6.07 Å². The average molecular weight is 482 g/mol. The molecule has 0 spiro atoms. The van der Waals surface area contributed by atoms with Crippen LogP contribution in [-0.4, -0.2) is 4.40 Å². The van der Waals surface area contributed by atoms with Gasteiger partial charge in [0.15, 0.2) is 0 Å². The highest BCUT2D eigenvalue weighted by Gasteiger charge is 2.32. The Morgan fingerprint density at radius 1 is 0.963 bits per heavy atom. The quantitative estimate of drug-likeness (QED) is 0.305. The first-order chi connectivity index (χ1) is 12.3. The normalized spacial score (nSPS) is 11.7. The molecule has 0 unspecified atom stereocenters. The van der Waals surface area contributed by atoms with Gasteiger partial charge in [-0.05, 0) is 36.8 Å². The van der Waals surface area contributed by atoms with Gasteiger partial charge in [0.25, 0.3) is 0 Å². The highest BCUT2D eigenvalue weighted by atomic mass is 127. The zero-order valence-electron chi connectivity index (χ0n) is 14.9. The summed E-state index contributed by atoms with van der Waals surface area (Å²) in [6.45, 7) is 2.03. The number of nitrogens with zero attached hydrogens (tertiary/aromatic N) is 2. The van der Waals surface area contributed by atoms with E-state index in [0.717, 1.165) is 33.9 Å². The molecule has 2 aromatic heterocycles. The summed E-state index contributed by atoms with van der Waals surface area (Å²) in [5.74, 6) is 0. The van der Waals surface area contributed by atoms with Crippen molar-refractivity contribution in [2.75, 3.05) is 0 Å². The zero-order valence-corrected chi connectivity index (χ0v) is 17.0. The van der Waals surface area contributed by atoms with E-state index < -0.39 is 11.7 Å². The van der Waals surface area contributed by atoms with Crippen LogP contribution in [0.5, 0.6) is 0 Å². The maximum atomic E-state index is 13.2. The number of fused-ring (bicyclic) bond motifs is 3. The number of halogens is 4. The molecule has 0 bridgehead atoms. The van der Waals surface area contributed by atoms with Gasteiger partial charge in [0, 0.05) is 12.3 Å². The minimum atomic E-state index is -4.36. The molecular formula is C21H18F3IN2. The lowest BCUT2D eigenvalue weighted by atomic mass is 10.1. The predicted octanol–water partition coefficient (Wildman–Crippen LogP) is 1.84. The smallest absolute Gasteiger partial charge is 0.416 e. The van der Waals surface area contributed by atoms with E-state index in [1.807, 2.05) is 59.5 Å². The fourth-order valence-electron chi connectivity index (χ4n) is 3.54. The second-order valence-electron chi connectivity index (χ2n) is 6.64. The van der Waals surface area contributed by atoms with Crippen LogP contribution in [0.3, 0.4) is 0 Å². The van der Waals surface area contributed by atoms with Crippen LogP contribution in [-0.2, 0) is 19.6 Å². The zero-order chi connectivity index (χ0) is 18.5. The summed E-state index contributed by atoms with van der Waals surface area (Å²) in [5, 5.41) is 0. The molecule has 0 aliphatic carbocycles. The van der Waals surface area contributed by atoms with Crippen LogP contribution in [0.2, 0.25) is 0 Å². The summed E-state index contributed by atoms with van der Waals surface area (Å²) in [4.78, 5) is 0. The van der Waals surface area contributed by atoms with Gasteiger partial charge in [0.1, 0.15) is 18.1 Å². The van der Waals surface area contributed by atoms with Crippen molar-refractivity contribution in [2.24, 2.45) is 7.05 Å². The first-order valence-corrected chi connectivity index (χ1v) is 8.39. The van der Waals surface area contributed by atoms with Crippen LogP contribution < -0.4 is 28.5 Å². The van der Waals surface area contributed by atoms with Crippen molar-refractivity contribution in [1.82, 2.24) is 4.40 Å². The molecule has 0 radical (unpaired) electrons. The van der Waals surface area contributed by atoms with Crippen molar-refractivity contribution in [3.8, 4) is 0 Å². The van der Waals surface area contributed by atoms with Crippen molar-refractivity contribution < 1.29 is 41.7 Å². The van der Waals surface area contributed by atoms with E-state index >= 15 is 0 Å². The molecule has 4 aromatic rings. The van der Waals surface area contributed by atoms with Crippen molar-refractivity contribution in [2.45, 2.75) is 19.5 Å². The van der Waals surface area contributed by atoms with E-state index in [4.69, 9.17) is 0 Å². The molecule has 27 heavy (non-hydrogen) atoms. The molecule has 0 N–H and O–H groups in total. The molecule has 0 fully saturated rings. The molecule has 0 saturated carbocycles. The molecule has 2 nitrogen and oxygen atoms in total. The second-order valence-corrected chi connectivity index (χ2v) is 6.64. The van der Waals surface area contributed by atoms with Gasteiger partial charge in [-0.3, -0.25) is 0 Å². The molecule has 0 amide bonds. The van der Waals surface area contributed by atoms with Crippen LogP contribution in [0.15, 0.2) is 60.8 Å². The standard InChI is InChI=1S/C21H18F3N2.HI/c1-14-5-3-6-15(11-14)12-19-17-7-4-10-26(17)18-9-8-16(21(22,23)24)13-20(18)25(19)2;/h3-11,13H,12H2,1-2H3;1H/q+1;/p-1. The Bertz CT molecular complexity index is 1130. The van der Waals surface area contributed by atoms with E-state index in [0.29, 0.717) is 11.9 Å². The second kappa shape index (κ2) is 7.14. The van der Waals surface area contributed by atoms with Crippen molar-refractivity contribution in [3.63, 3.8) is 0 Å². The molecule has 2 aromatic carbocycles. The summed E-state index contributed by atoms with van der Waals surface area (Å²) >= 11 is 0. The number of aryl methyl sites for hydroxylation is 2. The minimum Gasteiger partial charge on any atom is -1.00 e. The summed E-state index contributed by atoms with van der Waals surface area (Å²) in [6.07, 6.45) is -1.81. The fourth-order valence-corrected chi connectivity index (χ4v) is 3.54. The highest BCUT2D eigenvalue weighted by Crippen LogP contribution is 2.31. The maximum absolute atomic E-state index is 13.2. The van der Waals surface area contributed by atoms with Crippen LogP contribution in [0.1, 0.15) is 22.4 Å². The Kier molecular flexibility index (Phi) is 5.20. The van der Waals surface area contributed by atoms with Gasteiger partial charge in [-0.1, -0.05) is 29.8 Å². The van der Waals surface area contributed by atoms with E-state index in [2.05, 4.69) is 6.07 Å². The van der Waals surface area contributed by atoms with E-state index in [1.54, 1.807) is 6.07 Å². The van der Waals surface area contributed by atoms with Crippen molar-refractivity contribution in [1.29, 1.82) is 0 Å². The lowest BCUT2D eigenvalue weighted by molar-refractivity contribution is -0.651. The minimum absolute atomic E-state index is 0. The molecule has 0 saturated heterocycles. The molecule has 0 aliphatic heterocycles. The van der Waals surface area contributed by atoms with Crippen LogP contribution in [0.4, 0.5) is 13.2 Å². The molecule has 0 atom stereocenters. The molecule has 4 rings (SSSR count). The Labute approximate surface area is 172 Å². The first kappa shape index (κ1) is 19.7. The van der Waals surface area contributed by atoms with Gasteiger partial charge in [-0.25, -0.2) is 0 Å². The molecule has 6 heteroatoms. The average Bonchev–Trinajstić information content (AvgIpc) is 3.07. The summed E-state index contributed by atoms with van der Waals surface area (Å²) < 4.78 is 43.4. The lowest BCUT2D eigenvalue weighted by Crippen LogP contribution is -3.00. The molecule has 2 heterocycles. The van der Waals surface area contributed by atoms with Crippen molar-refractivity contribution in [3.05, 3.63) is 83.2 Å². The largest absolute Gasteiger partial charge is 1.00 e. The maximum Gasteiger partial charge on any atom is 0.416 e. The Morgan fingerprint density at radius 3 is 2.44 bits per heavy atom. The Hall–Kier alpha value is -2.09. The van der Waals surface area contributed by atoms with Gasteiger partial charge in [0.2, 0.25) is 11.2 Å². The van der Waals surface area contributed by atoms with Gasteiger partial charge in [-0.15, -0.1) is 0 Å². The molecule has 140 valence electrons. The number of alkyl halides is 3.